The third-order valence-electron chi connectivity index (χ3n) is 4.64. The zero-order valence-corrected chi connectivity index (χ0v) is 18.5. The van der Waals surface area contributed by atoms with Crippen molar-refractivity contribution in [2.75, 3.05) is 33.5 Å². The van der Waals surface area contributed by atoms with Crippen LogP contribution in [0.3, 0.4) is 0 Å². The Bertz CT molecular complexity index is 1090. The summed E-state index contributed by atoms with van der Waals surface area (Å²) < 4.78 is 33.7. The van der Waals surface area contributed by atoms with Crippen LogP contribution in [0.2, 0.25) is 0 Å². The quantitative estimate of drug-likeness (QED) is 0.539. The van der Waals surface area contributed by atoms with E-state index in [1.807, 2.05) is 52.2 Å². The van der Waals surface area contributed by atoms with E-state index >= 15 is 0 Å². The van der Waals surface area contributed by atoms with E-state index in [0.717, 1.165) is 33.8 Å². The molecule has 0 amide bonds. The number of benzene rings is 2. The highest BCUT2D eigenvalue weighted by Gasteiger charge is 2.25. The highest BCUT2D eigenvalue weighted by atomic mass is 32.2. The zero-order valence-electron chi connectivity index (χ0n) is 16.9. The third-order valence-corrected chi connectivity index (χ3v) is 7.65. The summed E-state index contributed by atoms with van der Waals surface area (Å²) in [4.78, 5) is 3.38. The average molecular weight is 419 g/mol. The predicted molar refractivity (Wildman–Crippen MR) is 116 cm³/mol. The molecule has 0 aliphatic carbocycles. The molecule has 0 N–H and O–H groups in total. The molecule has 5 nitrogen and oxygen atoms in total. The largest absolute Gasteiger partial charge is 0.497 e. The van der Waals surface area contributed by atoms with Gasteiger partial charge in [0, 0.05) is 28.3 Å². The topological polar surface area (TPSA) is 51.5 Å². The molecular formula is C21H26N2O3S2. The van der Waals surface area contributed by atoms with Gasteiger partial charge in [-0.1, -0.05) is 17.7 Å². The molecule has 0 saturated carbocycles. The molecule has 7 heteroatoms. The standard InChI is InChI=1S/C21H26N2O3S2/c1-15-6-9-18(10-7-15)28(24,25)23-16(2)21(27-13-12-22(3)4)19-14-17(26-5)8-11-20(19)23/h6-11,14H,12-13H2,1-5H3. The fourth-order valence-electron chi connectivity index (χ4n) is 3.11. The summed E-state index contributed by atoms with van der Waals surface area (Å²) in [5.41, 5.74) is 2.43. The molecule has 1 aromatic heterocycles. The third kappa shape index (κ3) is 3.92. The Balaban J connectivity index is 2.19. The molecule has 0 saturated heterocycles. The number of nitrogens with zero attached hydrogens (tertiary/aromatic N) is 2. The molecule has 150 valence electrons. The first kappa shape index (κ1) is 20.8. The number of ether oxygens (including phenoxy) is 1. The smallest absolute Gasteiger partial charge is 0.268 e. The summed E-state index contributed by atoms with van der Waals surface area (Å²) in [6.45, 7) is 4.72. The van der Waals surface area contributed by atoms with Gasteiger partial charge >= 0.3 is 0 Å². The van der Waals surface area contributed by atoms with Gasteiger partial charge < -0.3 is 9.64 Å². The Kier molecular flexibility index (Phi) is 6.07. The Labute approximate surface area is 171 Å². The van der Waals surface area contributed by atoms with Gasteiger partial charge in [-0.15, -0.1) is 11.8 Å². The minimum absolute atomic E-state index is 0.291. The molecule has 0 radical (unpaired) electrons. The first-order chi connectivity index (χ1) is 13.3. The molecule has 0 aliphatic rings. The second kappa shape index (κ2) is 8.19. The minimum atomic E-state index is -3.70. The van der Waals surface area contributed by atoms with E-state index in [1.165, 1.54) is 3.97 Å². The first-order valence-electron chi connectivity index (χ1n) is 9.04. The van der Waals surface area contributed by atoms with Crippen LogP contribution in [0, 0.1) is 13.8 Å². The Hall–Kier alpha value is -1.96. The molecule has 0 bridgehead atoms. The second-order valence-electron chi connectivity index (χ2n) is 7.03. The maximum atomic E-state index is 13.4. The van der Waals surface area contributed by atoms with E-state index in [0.29, 0.717) is 16.2 Å². The number of thioether (sulfide) groups is 1. The van der Waals surface area contributed by atoms with Crippen molar-refractivity contribution < 1.29 is 13.2 Å². The molecule has 0 unspecified atom stereocenters. The number of fused-ring (bicyclic) bond motifs is 1. The van der Waals surface area contributed by atoms with Crippen molar-refractivity contribution in [3.63, 3.8) is 0 Å². The summed E-state index contributed by atoms with van der Waals surface area (Å²) in [6.07, 6.45) is 0. The fraction of sp³-hybridized carbons (Fsp3) is 0.333. The van der Waals surface area contributed by atoms with E-state index < -0.39 is 10.0 Å². The molecule has 0 spiro atoms. The minimum Gasteiger partial charge on any atom is -0.497 e. The van der Waals surface area contributed by atoms with Gasteiger partial charge in [0.05, 0.1) is 17.5 Å². The van der Waals surface area contributed by atoms with Gasteiger partial charge in [-0.2, -0.15) is 0 Å². The molecule has 1 heterocycles. The number of aromatic nitrogens is 1. The molecule has 3 aromatic rings. The summed E-state index contributed by atoms with van der Waals surface area (Å²) in [7, 11) is 1.98. The van der Waals surface area contributed by atoms with Crippen molar-refractivity contribution in [1.29, 1.82) is 0 Å². The SMILES string of the molecule is COc1ccc2c(c1)c(SCCN(C)C)c(C)n2S(=O)(=O)c1ccc(C)cc1. The van der Waals surface area contributed by atoms with Crippen LogP contribution < -0.4 is 4.74 Å². The van der Waals surface area contributed by atoms with E-state index in [9.17, 15) is 8.42 Å². The van der Waals surface area contributed by atoms with Gasteiger partial charge in [0.15, 0.2) is 0 Å². The lowest BCUT2D eigenvalue weighted by Gasteiger charge is -2.11. The Morgan fingerprint density at radius 3 is 2.36 bits per heavy atom. The van der Waals surface area contributed by atoms with Crippen LogP contribution in [0.4, 0.5) is 0 Å². The zero-order chi connectivity index (χ0) is 20.5. The van der Waals surface area contributed by atoms with Crippen molar-refractivity contribution >= 4 is 32.7 Å². The monoisotopic (exact) mass is 418 g/mol. The number of hydrogen-bond donors (Lipinski definition) is 0. The maximum absolute atomic E-state index is 13.4. The van der Waals surface area contributed by atoms with Crippen LogP contribution in [0.15, 0.2) is 52.3 Å². The summed E-state index contributed by atoms with van der Waals surface area (Å²) >= 11 is 1.68. The van der Waals surface area contributed by atoms with Crippen LogP contribution >= 0.6 is 11.8 Å². The van der Waals surface area contributed by atoms with Gasteiger partial charge in [-0.25, -0.2) is 12.4 Å². The molecule has 28 heavy (non-hydrogen) atoms. The van der Waals surface area contributed by atoms with Crippen molar-refractivity contribution in [2.45, 2.75) is 23.6 Å². The number of rotatable bonds is 7. The van der Waals surface area contributed by atoms with Crippen molar-refractivity contribution in [3.8, 4) is 5.75 Å². The summed E-state index contributed by atoms with van der Waals surface area (Å²) in [5, 5.41) is 0.899. The van der Waals surface area contributed by atoms with Crippen molar-refractivity contribution in [3.05, 3.63) is 53.7 Å². The van der Waals surface area contributed by atoms with E-state index in [1.54, 1.807) is 37.1 Å². The molecule has 0 fully saturated rings. The van der Waals surface area contributed by atoms with Crippen LogP contribution in [0.5, 0.6) is 5.75 Å². The number of aryl methyl sites for hydroxylation is 1. The van der Waals surface area contributed by atoms with Crippen LogP contribution in [0.1, 0.15) is 11.3 Å². The molecular weight excluding hydrogens is 392 g/mol. The average Bonchev–Trinajstić information content (AvgIpc) is 2.93. The highest BCUT2D eigenvalue weighted by Crippen LogP contribution is 2.38. The van der Waals surface area contributed by atoms with E-state index in [2.05, 4.69) is 4.90 Å². The molecule has 2 aromatic carbocycles. The lowest BCUT2D eigenvalue weighted by atomic mass is 10.2. The number of methoxy groups -OCH3 is 1. The van der Waals surface area contributed by atoms with Crippen LogP contribution in [-0.2, 0) is 10.0 Å². The lowest BCUT2D eigenvalue weighted by Crippen LogP contribution is -2.15. The van der Waals surface area contributed by atoms with Gasteiger partial charge in [0.2, 0.25) is 0 Å². The normalized spacial score (nSPS) is 12.1. The fourth-order valence-corrected chi connectivity index (χ4v) is 6.01. The summed E-state index contributed by atoms with van der Waals surface area (Å²) in [6, 6.07) is 12.5. The molecule has 0 atom stereocenters. The van der Waals surface area contributed by atoms with Crippen molar-refractivity contribution in [1.82, 2.24) is 8.87 Å². The van der Waals surface area contributed by atoms with Crippen LogP contribution in [-0.4, -0.2) is 50.8 Å². The lowest BCUT2D eigenvalue weighted by molar-refractivity contribution is 0.415. The molecule has 3 rings (SSSR count). The summed E-state index contributed by atoms with van der Waals surface area (Å²) in [5.74, 6) is 1.58. The van der Waals surface area contributed by atoms with Crippen molar-refractivity contribution in [2.24, 2.45) is 0 Å². The number of hydrogen-bond acceptors (Lipinski definition) is 5. The first-order valence-corrected chi connectivity index (χ1v) is 11.5. The van der Waals surface area contributed by atoms with Gasteiger partial charge in [-0.05, 0) is 58.3 Å². The van der Waals surface area contributed by atoms with Gasteiger partial charge in [-0.3, -0.25) is 0 Å². The van der Waals surface area contributed by atoms with E-state index in [4.69, 9.17) is 4.74 Å². The molecule has 0 aliphatic heterocycles. The van der Waals surface area contributed by atoms with Gasteiger partial charge in [0.1, 0.15) is 5.75 Å². The maximum Gasteiger partial charge on any atom is 0.268 e. The van der Waals surface area contributed by atoms with Crippen LogP contribution in [0.25, 0.3) is 10.9 Å². The van der Waals surface area contributed by atoms with E-state index in [-0.39, 0.29) is 0 Å². The predicted octanol–water partition coefficient (Wildman–Crippen LogP) is 4.16. The Morgan fingerprint density at radius 2 is 1.75 bits per heavy atom. The Morgan fingerprint density at radius 1 is 1.07 bits per heavy atom. The van der Waals surface area contributed by atoms with Gasteiger partial charge in [0.25, 0.3) is 10.0 Å². The second-order valence-corrected chi connectivity index (χ2v) is 9.92. The highest BCUT2D eigenvalue weighted by molar-refractivity contribution is 7.99.